The van der Waals surface area contributed by atoms with Crippen LogP contribution in [0.25, 0.3) is 0 Å². The van der Waals surface area contributed by atoms with Crippen LogP contribution in [0.5, 0.6) is 0 Å². The lowest BCUT2D eigenvalue weighted by molar-refractivity contribution is -0.952. The predicted molar refractivity (Wildman–Crippen MR) is 170 cm³/mol. The molecule has 0 aromatic rings. The third kappa shape index (κ3) is 6.50. The summed E-state index contributed by atoms with van der Waals surface area (Å²) in [6.45, 7) is 18.4. The van der Waals surface area contributed by atoms with Crippen molar-refractivity contribution in [2.45, 2.75) is 135 Å². The molecule has 6 aliphatic rings. The fourth-order valence-corrected chi connectivity index (χ4v) is 12.7. The first-order valence-corrected chi connectivity index (χ1v) is 18.1. The average molecular weight is 759 g/mol. The van der Waals surface area contributed by atoms with Gasteiger partial charge in [-0.2, -0.15) is 0 Å². The molecule has 45 heavy (non-hydrogen) atoms. The summed E-state index contributed by atoms with van der Waals surface area (Å²) in [4.78, 5) is 25.0. The molecule has 2 heterocycles. The minimum absolute atomic E-state index is 0. The number of likely N-dealkylation sites (tertiary alicyclic amines) is 2. The van der Waals surface area contributed by atoms with Crippen LogP contribution in [-0.4, -0.2) is 85.0 Å². The molecular weight excluding hydrogens is 696 g/mol. The second kappa shape index (κ2) is 14.2. The SMILES string of the molecule is C=CC[N+]1([C@H]2C[C@H]3[C@@H]4CC[C@H]5C[C@H](OC(C)=O)[C@@H]([N+]6(C)CCCCC6)C[C@]5(C)[C@H]4CC[C@]3(C)[C@H]2OC(C)=O)CCCCC1.[Br-].[Br-]. The maximum absolute atomic E-state index is 12.7. The molecule has 0 aromatic carbocycles. The molecule has 4 saturated carbocycles. The average Bonchev–Trinajstić information content (AvgIpc) is 3.26. The van der Waals surface area contributed by atoms with E-state index in [-0.39, 0.29) is 68.9 Å². The summed E-state index contributed by atoms with van der Waals surface area (Å²) in [7, 11) is 2.47. The second-order valence-corrected chi connectivity index (χ2v) is 16.9. The molecule has 2 aliphatic heterocycles. The number of ether oxygens (including phenoxy) is 2. The molecule has 8 heteroatoms. The maximum atomic E-state index is 12.7. The number of halogens is 2. The highest BCUT2D eigenvalue weighted by molar-refractivity contribution is 5.66. The number of piperidine rings is 2. The van der Waals surface area contributed by atoms with Crippen LogP contribution >= 0.6 is 0 Å². The first-order valence-electron chi connectivity index (χ1n) is 18.1. The topological polar surface area (TPSA) is 52.6 Å². The molecule has 2 saturated heterocycles. The van der Waals surface area contributed by atoms with Crippen molar-refractivity contribution >= 4 is 11.9 Å². The van der Waals surface area contributed by atoms with Gasteiger partial charge in [-0.1, -0.05) is 20.4 Å². The van der Waals surface area contributed by atoms with E-state index in [9.17, 15) is 9.59 Å². The fourth-order valence-electron chi connectivity index (χ4n) is 12.7. The smallest absolute Gasteiger partial charge is 0.303 e. The lowest BCUT2D eigenvalue weighted by Crippen LogP contribution is -3.00. The van der Waals surface area contributed by atoms with Crippen molar-refractivity contribution in [2.24, 2.45) is 34.5 Å². The zero-order valence-corrected chi connectivity index (χ0v) is 32.1. The van der Waals surface area contributed by atoms with E-state index in [4.69, 9.17) is 9.47 Å². The number of carbonyl (C=O) groups excluding carboxylic acids is 2. The van der Waals surface area contributed by atoms with Crippen LogP contribution in [0, 0.1) is 34.5 Å². The van der Waals surface area contributed by atoms with Crippen molar-refractivity contribution in [3.63, 3.8) is 0 Å². The van der Waals surface area contributed by atoms with Crippen LogP contribution in [0.3, 0.4) is 0 Å². The number of likely N-dealkylation sites (N-methyl/N-ethyl adjacent to an activating group) is 1. The van der Waals surface area contributed by atoms with E-state index in [0.29, 0.717) is 35.8 Å². The van der Waals surface area contributed by atoms with Crippen LogP contribution in [0.4, 0.5) is 0 Å². The molecule has 0 radical (unpaired) electrons. The Balaban J connectivity index is 0.00000230. The highest BCUT2D eigenvalue weighted by Crippen LogP contribution is 2.68. The molecule has 258 valence electrons. The van der Waals surface area contributed by atoms with Crippen molar-refractivity contribution in [3.05, 3.63) is 12.7 Å². The molecule has 6 rings (SSSR count). The van der Waals surface area contributed by atoms with Gasteiger partial charge < -0.3 is 52.4 Å². The van der Waals surface area contributed by atoms with Crippen molar-refractivity contribution in [1.82, 2.24) is 0 Å². The molecular formula is C37H62Br2N2O4. The number of rotatable bonds is 6. The van der Waals surface area contributed by atoms with E-state index >= 15 is 0 Å². The van der Waals surface area contributed by atoms with Gasteiger partial charge in [0.1, 0.15) is 12.1 Å². The van der Waals surface area contributed by atoms with Crippen molar-refractivity contribution < 1.29 is 62.0 Å². The molecule has 0 N–H and O–H groups in total. The Morgan fingerprint density at radius 3 is 2.02 bits per heavy atom. The minimum atomic E-state index is -0.105. The number of quaternary nitrogens is 2. The largest absolute Gasteiger partial charge is 1.00 e. The molecule has 0 unspecified atom stereocenters. The first kappa shape index (κ1) is 37.4. The molecule has 0 amide bonds. The van der Waals surface area contributed by atoms with E-state index in [0.717, 1.165) is 28.4 Å². The third-order valence-electron chi connectivity index (χ3n) is 14.7. The van der Waals surface area contributed by atoms with Gasteiger partial charge in [-0.3, -0.25) is 9.59 Å². The number of hydrogen-bond donors (Lipinski definition) is 0. The van der Waals surface area contributed by atoms with Gasteiger partial charge in [0.25, 0.3) is 0 Å². The highest BCUT2D eigenvalue weighted by atomic mass is 79.9. The number of nitrogens with zero attached hydrogens (tertiary/aromatic N) is 2. The van der Waals surface area contributed by atoms with Crippen LogP contribution in [0.15, 0.2) is 12.7 Å². The van der Waals surface area contributed by atoms with E-state index in [2.05, 4.69) is 33.6 Å². The second-order valence-electron chi connectivity index (χ2n) is 16.9. The monoisotopic (exact) mass is 756 g/mol. The van der Waals surface area contributed by atoms with Gasteiger partial charge >= 0.3 is 11.9 Å². The number of hydrogen-bond acceptors (Lipinski definition) is 4. The third-order valence-corrected chi connectivity index (χ3v) is 14.7. The summed E-state index contributed by atoms with van der Waals surface area (Å²) < 4.78 is 14.8. The van der Waals surface area contributed by atoms with Gasteiger partial charge in [0, 0.05) is 32.1 Å². The van der Waals surface area contributed by atoms with Crippen molar-refractivity contribution in [1.29, 1.82) is 0 Å². The van der Waals surface area contributed by atoms with Gasteiger partial charge in [0.2, 0.25) is 0 Å². The summed E-state index contributed by atoms with van der Waals surface area (Å²) in [6, 6.07) is 0.782. The van der Waals surface area contributed by atoms with Gasteiger partial charge in [-0.15, -0.1) is 0 Å². The lowest BCUT2D eigenvalue weighted by Gasteiger charge is -2.63. The first-order chi connectivity index (χ1) is 20.5. The normalized spacial score (nSPS) is 43.1. The Bertz CT molecular complexity index is 1070. The quantitative estimate of drug-likeness (QED) is 0.228. The van der Waals surface area contributed by atoms with Crippen molar-refractivity contribution in [2.75, 3.05) is 39.8 Å². The fraction of sp³-hybridized carbons (Fsp3) is 0.892. The Morgan fingerprint density at radius 1 is 0.800 bits per heavy atom. The molecule has 10 atom stereocenters. The summed E-state index contributed by atoms with van der Waals surface area (Å²) in [5, 5.41) is 0. The summed E-state index contributed by atoms with van der Waals surface area (Å²) >= 11 is 0. The van der Waals surface area contributed by atoms with Gasteiger partial charge in [0.05, 0.1) is 39.8 Å². The number of fused-ring (bicyclic) bond motifs is 5. The molecule has 0 aromatic heterocycles. The van der Waals surface area contributed by atoms with E-state index in [1.165, 1.54) is 96.8 Å². The molecule has 0 bridgehead atoms. The Kier molecular flexibility index (Phi) is 11.8. The molecule has 0 spiro atoms. The van der Waals surface area contributed by atoms with E-state index in [1.54, 1.807) is 13.8 Å². The Hall–Kier alpha value is -0.440. The molecule has 6 nitrogen and oxygen atoms in total. The Morgan fingerprint density at radius 2 is 1.42 bits per heavy atom. The van der Waals surface area contributed by atoms with Crippen LogP contribution in [-0.2, 0) is 19.1 Å². The highest BCUT2D eigenvalue weighted by Gasteiger charge is 2.68. The zero-order chi connectivity index (χ0) is 30.6. The Labute approximate surface area is 295 Å². The standard InChI is InChI=1S/C37H62N2O4.2BrH/c1-7-18-39(21-12-9-13-22-39)32-24-31-29-15-14-28-23-34(42-26(2)40)33(38(6)19-10-8-11-20-38)25-37(28,5)30(29)16-17-36(31,4)35(32)43-27(3)41;;/h7,28-35H,1,8-25H2,2-6H3;2*1H/q+2;;/p-2/t28-,29+,30-,31-,32-,33-,34-,35-,36-,37-;;/m0../s1. The van der Waals surface area contributed by atoms with Crippen LogP contribution < -0.4 is 34.0 Å². The zero-order valence-electron chi connectivity index (χ0n) is 28.9. The number of carbonyl (C=O) groups is 2. The molecule has 4 aliphatic carbocycles. The summed E-state index contributed by atoms with van der Waals surface area (Å²) in [5.41, 5.74) is 0.322. The maximum Gasteiger partial charge on any atom is 0.303 e. The summed E-state index contributed by atoms with van der Waals surface area (Å²) in [6.07, 6.45) is 18.3. The van der Waals surface area contributed by atoms with E-state index in [1.807, 2.05) is 0 Å². The minimum Gasteiger partial charge on any atom is -1.00 e. The predicted octanol–water partition coefficient (Wildman–Crippen LogP) is 0.675. The van der Waals surface area contributed by atoms with Crippen LogP contribution in [0.2, 0.25) is 0 Å². The van der Waals surface area contributed by atoms with E-state index < -0.39 is 0 Å². The summed E-state index contributed by atoms with van der Waals surface area (Å²) in [5.74, 6) is 2.41. The van der Waals surface area contributed by atoms with Gasteiger partial charge in [-0.05, 0) is 106 Å². The van der Waals surface area contributed by atoms with Crippen LogP contribution in [0.1, 0.15) is 111 Å². The lowest BCUT2D eigenvalue weighted by atomic mass is 9.44. The van der Waals surface area contributed by atoms with Crippen molar-refractivity contribution in [3.8, 4) is 0 Å². The number of esters is 2. The van der Waals surface area contributed by atoms with Gasteiger partial charge in [0.15, 0.2) is 12.2 Å². The molecule has 6 fully saturated rings. The van der Waals surface area contributed by atoms with Gasteiger partial charge in [-0.25, -0.2) is 0 Å².